The number of aromatic nitrogens is 1. The third-order valence-corrected chi connectivity index (χ3v) is 5.75. The van der Waals surface area contributed by atoms with Gasteiger partial charge in [-0.15, -0.1) is 0 Å². The van der Waals surface area contributed by atoms with E-state index in [1.54, 1.807) is 36.1 Å². The van der Waals surface area contributed by atoms with E-state index in [1.165, 1.54) is 12.5 Å². The van der Waals surface area contributed by atoms with Crippen molar-refractivity contribution in [2.24, 2.45) is 5.92 Å². The van der Waals surface area contributed by atoms with E-state index >= 15 is 0 Å². The Labute approximate surface area is 152 Å². The average molecular weight is 354 g/mol. The average Bonchev–Trinajstić information content (AvgIpc) is 2.59. The number of pyridine rings is 1. The van der Waals surface area contributed by atoms with Crippen LogP contribution in [0.4, 0.5) is 4.39 Å². The molecule has 1 aromatic carbocycles. The van der Waals surface area contributed by atoms with Gasteiger partial charge in [0.1, 0.15) is 5.82 Å². The normalized spacial score (nSPS) is 16.9. The molecule has 2 heterocycles. The minimum absolute atomic E-state index is 0.0276. The van der Waals surface area contributed by atoms with Crippen LogP contribution in [0.5, 0.6) is 0 Å². The van der Waals surface area contributed by atoms with Crippen LogP contribution in [0.15, 0.2) is 35.1 Å². The summed E-state index contributed by atoms with van der Waals surface area (Å²) in [7, 11) is 0. The van der Waals surface area contributed by atoms with Crippen molar-refractivity contribution in [3.63, 3.8) is 0 Å². The van der Waals surface area contributed by atoms with Crippen LogP contribution >= 0.6 is 0 Å². The molecule has 2 aromatic rings. The Morgan fingerprint density at radius 1 is 1.23 bits per heavy atom. The molecule has 0 unspecified atom stereocenters. The smallest absolute Gasteiger partial charge is 0.258 e. The molecule has 1 aromatic heterocycles. The van der Waals surface area contributed by atoms with Crippen LogP contribution < -0.4 is 5.56 Å². The first-order valence-corrected chi connectivity index (χ1v) is 9.30. The summed E-state index contributed by atoms with van der Waals surface area (Å²) in [5.41, 5.74) is 2.59. The first-order chi connectivity index (χ1) is 12.5. The highest BCUT2D eigenvalue weighted by Crippen LogP contribution is 2.30. The van der Waals surface area contributed by atoms with Gasteiger partial charge in [-0.3, -0.25) is 9.59 Å². The Bertz CT molecular complexity index is 915. The molecule has 0 N–H and O–H groups in total. The number of benzene rings is 1. The zero-order valence-corrected chi connectivity index (χ0v) is 15.0. The van der Waals surface area contributed by atoms with Crippen LogP contribution in [0.25, 0.3) is 11.1 Å². The van der Waals surface area contributed by atoms with Gasteiger partial charge in [-0.25, -0.2) is 4.39 Å². The SMILES string of the molecule is CC(=O)N1CCc2c(cc(-c3ccccc3F)c(=O)n2CC2CCC2)C1. The summed E-state index contributed by atoms with van der Waals surface area (Å²) < 4.78 is 16.2. The van der Waals surface area contributed by atoms with E-state index in [9.17, 15) is 14.0 Å². The van der Waals surface area contributed by atoms with Crippen LogP contribution in [0.2, 0.25) is 0 Å². The van der Waals surface area contributed by atoms with Gasteiger partial charge < -0.3 is 9.47 Å². The molecular weight excluding hydrogens is 331 g/mol. The maximum absolute atomic E-state index is 14.4. The zero-order valence-electron chi connectivity index (χ0n) is 15.0. The Morgan fingerprint density at radius 2 is 2.00 bits per heavy atom. The molecule has 1 fully saturated rings. The second-order valence-corrected chi connectivity index (χ2v) is 7.41. The summed E-state index contributed by atoms with van der Waals surface area (Å²) in [6, 6.07) is 8.20. The van der Waals surface area contributed by atoms with Gasteiger partial charge >= 0.3 is 0 Å². The Hall–Kier alpha value is -2.43. The first kappa shape index (κ1) is 17.0. The van der Waals surface area contributed by atoms with Crippen molar-refractivity contribution in [1.29, 1.82) is 0 Å². The fourth-order valence-corrected chi connectivity index (χ4v) is 3.99. The minimum atomic E-state index is -0.390. The summed E-state index contributed by atoms with van der Waals surface area (Å²) in [5.74, 6) is 0.164. The summed E-state index contributed by atoms with van der Waals surface area (Å²) >= 11 is 0. The molecule has 2 aliphatic rings. The van der Waals surface area contributed by atoms with Gasteiger partial charge in [-0.2, -0.15) is 0 Å². The molecule has 26 heavy (non-hydrogen) atoms. The van der Waals surface area contributed by atoms with Gasteiger partial charge in [-0.05, 0) is 36.5 Å². The number of rotatable bonds is 3. The van der Waals surface area contributed by atoms with E-state index < -0.39 is 0 Å². The van der Waals surface area contributed by atoms with E-state index in [1.807, 2.05) is 4.57 Å². The van der Waals surface area contributed by atoms with Crippen molar-refractivity contribution in [2.75, 3.05) is 6.54 Å². The van der Waals surface area contributed by atoms with Gasteiger partial charge in [0, 0.05) is 44.2 Å². The second kappa shape index (κ2) is 6.71. The van der Waals surface area contributed by atoms with Crippen molar-refractivity contribution < 1.29 is 9.18 Å². The molecule has 4 rings (SSSR count). The van der Waals surface area contributed by atoms with Crippen molar-refractivity contribution in [1.82, 2.24) is 9.47 Å². The van der Waals surface area contributed by atoms with Crippen molar-refractivity contribution in [3.05, 3.63) is 57.8 Å². The van der Waals surface area contributed by atoms with Crippen LogP contribution in [-0.2, 0) is 24.3 Å². The molecule has 136 valence electrons. The largest absolute Gasteiger partial charge is 0.338 e. The third kappa shape index (κ3) is 2.96. The number of hydrogen-bond donors (Lipinski definition) is 0. The predicted molar refractivity (Wildman–Crippen MR) is 98.2 cm³/mol. The van der Waals surface area contributed by atoms with Crippen LogP contribution in [0, 0.1) is 11.7 Å². The molecule has 5 heteroatoms. The molecule has 1 aliphatic heterocycles. The van der Waals surface area contributed by atoms with Gasteiger partial charge in [0.05, 0.1) is 5.56 Å². The monoisotopic (exact) mass is 354 g/mol. The third-order valence-electron chi connectivity index (χ3n) is 5.75. The number of carbonyl (C=O) groups excluding carboxylic acids is 1. The van der Waals surface area contributed by atoms with Crippen molar-refractivity contribution in [2.45, 2.75) is 45.7 Å². The molecule has 0 radical (unpaired) electrons. The summed E-state index contributed by atoms with van der Waals surface area (Å²) in [6.45, 7) is 3.37. The lowest BCUT2D eigenvalue weighted by molar-refractivity contribution is -0.129. The number of carbonyl (C=O) groups is 1. The maximum atomic E-state index is 14.4. The molecule has 0 spiro atoms. The number of halogens is 1. The minimum Gasteiger partial charge on any atom is -0.338 e. The summed E-state index contributed by atoms with van der Waals surface area (Å²) in [6.07, 6.45) is 4.18. The number of hydrogen-bond acceptors (Lipinski definition) is 2. The lowest BCUT2D eigenvalue weighted by Crippen LogP contribution is -2.39. The highest BCUT2D eigenvalue weighted by Gasteiger charge is 2.26. The van der Waals surface area contributed by atoms with E-state index in [0.717, 1.165) is 24.1 Å². The van der Waals surface area contributed by atoms with E-state index in [4.69, 9.17) is 0 Å². The molecular formula is C21H23FN2O2. The van der Waals surface area contributed by atoms with Gasteiger partial charge in [0.25, 0.3) is 5.56 Å². The Kier molecular flexibility index (Phi) is 4.39. The van der Waals surface area contributed by atoms with Gasteiger partial charge in [0.15, 0.2) is 0 Å². The molecule has 1 aliphatic carbocycles. The molecule has 0 saturated heterocycles. The van der Waals surface area contributed by atoms with Crippen molar-refractivity contribution >= 4 is 5.91 Å². The molecule has 0 atom stereocenters. The molecule has 1 saturated carbocycles. The van der Waals surface area contributed by atoms with E-state index in [0.29, 0.717) is 43.1 Å². The second-order valence-electron chi connectivity index (χ2n) is 7.41. The topological polar surface area (TPSA) is 42.3 Å². The molecule has 0 bridgehead atoms. The van der Waals surface area contributed by atoms with Gasteiger partial charge in [-0.1, -0.05) is 24.6 Å². The summed E-state index contributed by atoms with van der Waals surface area (Å²) in [4.78, 5) is 26.8. The number of amides is 1. The number of nitrogens with zero attached hydrogens (tertiary/aromatic N) is 2. The van der Waals surface area contributed by atoms with Gasteiger partial charge in [0.2, 0.25) is 5.91 Å². The lowest BCUT2D eigenvalue weighted by Gasteiger charge is -2.33. The quantitative estimate of drug-likeness (QED) is 0.848. The lowest BCUT2D eigenvalue weighted by atomic mass is 9.85. The Balaban J connectivity index is 1.86. The predicted octanol–water partition coefficient (Wildman–Crippen LogP) is 3.36. The summed E-state index contributed by atoms with van der Waals surface area (Å²) in [5, 5.41) is 0. The first-order valence-electron chi connectivity index (χ1n) is 9.30. The van der Waals surface area contributed by atoms with Crippen molar-refractivity contribution in [3.8, 4) is 11.1 Å². The van der Waals surface area contributed by atoms with E-state index in [2.05, 4.69) is 0 Å². The van der Waals surface area contributed by atoms with Crippen LogP contribution in [0.3, 0.4) is 0 Å². The van der Waals surface area contributed by atoms with E-state index in [-0.39, 0.29) is 17.3 Å². The fourth-order valence-electron chi connectivity index (χ4n) is 3.99. The Morgan fingerprint density at radius 3 is 2.65 bits per heavy atom. The highest BCUT2D eigenvalue weighted by molar-refractivity contribution is 5.74. The fraction of sp³-hybridized carbons (Fsp3) is 0.429. The molecule has 1 amide bonds. The standard InChI is InChI=1S/C21H23FN2O2/c1-14(25)23-10-9-20-16(13-23)11-18(17-7-2-3-8-19(17)22)21(26)24(20)12-15-5-4-6-15/h2-3,7-8,11,15H,4-6,9-10,12-13H2,1H3. The van der Waals surface area contributed by atoms with Crippen LogP contribution in [0.1, 0.15) is 37.4 Å². The molecule has 4 nitrogen and oxygen atoms in total. The van der Waals surface area contributed by atoms with Crippen LogP contribution in [-0.4, -0.2) is 21.9 Å². The maximum Gasteiger partial charge on any atom is 0.258 e. The highest BCUT2D eigenvalue weighted by atomic mass is 19.1. The zero-order chi connectivity index (χ0) is 18.3. The number of fused-ring (bicyclic) bond motifs is 1.